The first-order valence-corrected chi connectivity index (χ1v) is 16.1. The van der Waals surface area contributed by atoms with Gasteiger partial charge in [0.2, 0.25) is 0 Å². The lowest BCUT2D eigenvalue weighted by Gasteiger charge is -2.45. The molecule has 2 aliphatic carbocycles. The van der Waals surface area contributed by atoms with Crippen molar-refractivity contribution < 1.29 is 23.1 Å². The summed E-state index contributed by atoms with van der Waals surface area (Å²) in [5.41, 5.74) is 3.27. The summed E-state index contributed by atoms with van der Waals surface area (Å²) in [4.78, 5) is 15.4. The van der Waals surface area contributed by atoms with Crippen molar-refractivity contribution >= 4 is 33.4 Å². The molecule has 3 N–H and O–H groups in total. The van der Waals surface area contributed by atoms with E-state index in [-0.39, 0.29) is 29.4 Å². The molecule has 0 unspecified atom stereocenters. The zero-order valence-corrected chi connectivity index (χ0v) is 24.0. The number of fused-ring (bicyclic) bond motifs is 4. The van der Waals surface area contributed by atoms with Gasteiger partial charge in [-0.25, -0.2) is 4.72 Å². The highest BCUT2D eigenvalue weighted by atomic mass is 35.5. The number of nitrogens with zero attached hydrogens (tertiary/aromatic N) is 1. The van der Waals surface area contributed by atoms with E-state index in [0.29, 0.717) is 38.3 Å². The van der Waals surface area contributed by atoms with Crippen molar-refractivity contribution in [2.45, 2.75) is 56.5 Å². The molecule has 2 aliphatic heterocycles. The molecule has 4 atom stereocenters. The lowest BCUT2D eigenvalue weighted by Crippen LogP contribution is -2.49. The van der Waals surface area contributed by atoms with Crippen LogP contribution in [0.2, 0.25) is 5.02 Å². The van der Waals surface area contributed by atoms with Crippen molar-refractivity contribution in [3.8, 4) is 5.75 Å². The number of benzene rings is 2. The van der Waals surface area contributed by atoms with E-state index in [1.165, 1.54) is 11.1 Å². The maximum atomic E-state index is 13.1. The summed E-state index contributed by atoms with van der Waals surface area (Å²) in [5.74, 6) is 0.418. The number of aliphatic hydroxyl groups is 1. The number of ether oxygens (including phenoxy) is 1. The number of halogens is 1. The van der Waals surface area contributed by atoms with Gasteiger partial charge >= 0.3 is 10.2 Å². The number of nitrogens with one attached hydrogen (secondary N) is 2. The zero-order valence-electron chi connectivity index (χ0n) is 22.4. The fourth-order valence-electron chi connectivity index (χ4n) is 6.83. The van der Waals surface area contributed by atoms with E-state index in [4.69, 9.17) is 16.3 Å². The second kappa shape index (κ2) is 11.0. The molecular weight excluding hydrogens is 550 g/mol. The van der Waals surface area contributed by atoms with Crippen molar-refractivity contribution in [3.63, 3.8) is 0 Å². The Morgan fingerprint density at radius 1 is 1.12 bits per heavy atom. The number of carbonyl (C=O) groups excluding carboxylic acids is 1. The molecule has 2 heterocycles. The number of aliphatic hydroxyl groups excluding tert-OH is 1. The van der Waals surface area contributed by atoms with E-state index >= 15 is 0 Å². The number of carbonyl (C=O) groups is 1. The van der Waals surface area contributed by atoms with Gasteiger partial charge in [-0.1, -0.05) is 29.8 Å². The Morgan fingerprint density at radius 3 is 2.83 bits per heavy atom. The SMILES string of the molecule is O=C1NS(=O)(=O)NCCC/C=C\[C@H](O)[C@@H]2CC[C@H]2CN2C[C@@]3(CCCc4cc(Cl)ccc43)COc3ccc1cc32. The molecule has 6 rings (SSSR count). The number of hydrogen-bond acceptors (Lipinski definition) is 6. The van der Waals surface area contributed by atoms with Gasteiger partial charge in [-0.3, -0.25) is 4.79 Å². The largest absolute Gasteiger partial charge is 0.490 e. The third-order valence-electron chi connectivity index (χ3n) is 9.07. The first-order valence-electron chi connectivity index (χ1n) is 14.2. The van der Waals surface area contributed by atoms with Gasteiger partial charge in [0.15, 0.2) is 0 Å². The van der Waals surface area contributed by atoms with Gasteiger partial charge in [-0.2, -0.15) is 13.1 Å². The highest BCUT2D eigenvalue weighted by Gasteiger charge is 2.44. The monoisotopic (exact) mass is 585 g/mol. The Hall–Kier alpha value is -2.59. The Labute approximate surface area is 240 Å². The van der Waals surface area contributed by atoms with Crippen LogP contribution in [0.4, 0.5) is 5.69 Å². The Bertz CT molecular complexity index is 1430. The van der Waals surface area contributed by atoms with Crippen molar-refractivity contribution in [1.29, 1.82) is 0 Å². The van der Waals surface area contributed by atoms with Crippen LogP contribution < -0.4 is 19.1 Å². The molecule has 40 heavy (non-hydrogen) atoms. The predicted octanol–water partition coefficient (Wildman–Crippen LogP) is 4.11. The maximum absolute atomic E-state index is 13.1. The van der Waals surface area contributed by atoms with Gasteiger partial charge in [0, 0.05) is 35.6 Å². The third kappa shape index (κ3) is 5.49. The molecule has 2 aromatic rings. The summed E-state index contributed by atoms with van der Waals surface area (Å²) in [6.07, 6.45) is 9.35. The molecule has 0 radical (unpaired) electrons. The number of rotatable bonds is 0. The molecule has 10 heteroatoms. The van der Waals surface area contributed by atoms with Crippen LogP contribution in [0.1, 0.15) is 60.0 Å². The first kappa shape index (κ1) is 27.6. The normalized spacial score (nSPS) is 30.9. The summed E-state index contributed by atoms with van der Waals surface area (Å²) in [5, 5.41) is 11.7. The smallest absolute Gasteiger partial charge is 0.301 e. The van der Waals surface area contributed by atoms with Gasteiger partial charge in [0.05, 0.1) is 18.4 Å². The van der Waals surface area contributed by atoms with Crippen LogP contribution in [-0.4, -0.2) is 51.8 Å². The van der Waals surface area contributed by atoms with Crippen molar-refractivity contribution in [1.82, 2.24) is 9.44 Å². The molecule has 0 saturated heterocycles. The topological polar surface area (TPSA) is 108 Å². The second-order valence-electron chi connectivity index (χ2n) is 11.7. The molecule has 8 nitrogen and oxygen atoms in total. The lowest BCUT2D eigenvalue weighted by molar-refractivity contribution is 0.0456. The summed E-state index contributed by atoms with van der Waals surface area (Å²) in [6, 6.07) is 11.3. The standard InChI is InChI=1S/C30H36ClN3O5S/c31-23-9-11-25-20(15-23)5-4-13-30(25)18-34-17-22-7-10-24(22)27(35)6-2-1-3-14-32-40(37,38)33-29(36)21-8-12-28(39-19-30)26(34)16-21/h2,6,8-9,11-12,15-16,22,24,27,32,35H,1,3-5,7,10,13-14,17-19H2,(H,33,36)/b6-2-/t22-,24+,27-,30-/m0/s1. The first-order chi connectivity index (χ1) is 19.2. The van der Waals surface area contributed by atoms with Crippen LogP contribution in [0.5, 0.6) is 5.75 Å². The number of hydrogen-bond donors (Lipinski definition) is 3. The van der Waals surface area contributed by atoms with E-state index in [0.717, 1.165) is 42.8 Å². The minimum atomic E-state index is -4.01. The molecule has 2 aromatic carbocycles. The van der Waals surface area contributed by atoms with Crippen LogP contribution in [-0.2, 0) is 22.0 Å². The number of anilines is 1. The van der Waals surface area contributed by atoms with Gasteiger partial charge in [-0.05, 0) is 98.2 Å². The van der Waals surface area contributed by atoms with E-state index in [1.807, 2.05) is 18.2 Å². The highest BCUT2D eigenvalue weighted by Crippen LogP contribution is 2.46. The Morgan fingerprint density at radius 2 is 2.00 bits per heavy atom. The second-order valence-corrected chi connectivity index (χ2v) is 13.6. The molecule has 4 aliphatic rings. The Balaban J connectivity index is 1.40. The van der Waals surface area contributed by atoms with Crippen LogP contribution in [0.15, 0.2) is 48.6 Å². The van der Waals surface area contributed by atoms with Crippen LogP contribution in [0.25, 0.3) is 0 Å². The van der Waals surface area contributed by atoms with Crippen LogP contribution in [0, 0.1) is 11.8 Å². The molecule has 1 amide bonds. The van der Waals surface area contributed by atoms with E-state index in [2.05, 4.69) is 26.5 Å². The molecule has 214 valence electrons. The number of allylic oxidation sites excluding steroid dienone is 1. The highest BCUT2D eigenvalue weighted by molar-refractivity contribution is 7.88. The lowest BCUT2D eigenvalue weighted by atomic mass is 9.68. The molecule has 1 saturated carbocycles. The van der Waals surface area contributed by atoms with Crippen LogP contribution >= 0.6 is 11.6 Å². The average Bonchev–Trinajstić information content (AvgIpc) is 3.05. The van der Waals surface area contributed by atoms with Crippen LogP contribution in [0.3, 0.4) is 0 Å². The van der Waals surface area contributed by atoms with E-state index in [1.54, 1.807) is 18.2 Å². The summed E-state index contributed by atoms with van der Waals surface area (Å²) >= 11 is 6.37. The van der Waals surface area contributed by atoms with Gasteiger partial charge in [-0.15, -0.1) is 0 Å². The predicted molar refractivity (Wildman–Crippen MR) is 155 cm³/mol. The molecule has 2 bridgehead atoms. The van der Waals surface area contributed by atoms with Gasteiger partial charge in [0.1, 0.15) is 5.75 Å². The summed E-state index contributed by atoms with van der Waals surface area (Å²) < 4.78 is 36.1. The number of amides is 1. The van der Waals surface area contributed by atoms with Crippen molar-refractivity contribution in [3.05, 3.63) is 70.3 Å². The fraction of sp³-hybridized carbons (Fsp3) is 0.500. The quantitative estimate of drug-likeness (QED) is 0.402. The zero-order chi connectivity index (χ0) is 27.9. The maximum Gasteiger partial charge on any atom is 0.301 e. The minimum absolute atomic E-state index is 0.151. The van der Waals surface area contributed by atoms with Crippen molar-refractivity contribution in [2.75, 3.05) is 31.1 Å². The summed E-state index contributed by atoms with van der Waals surface area (Å²) in [6.45, 7) is 2.08. The van der Waals surface area contributed by atoms with E-state index in [9.17, 15) is 18.3 Å². The third-order valence-corrected chi connectivity index (χ3v) is 10.3. The molecular formula is C30H36ClN3O5S. The molecule has 1 spiro atoms. The molecule has 1 fully saturated rings. The Kier molecular flexibility index (Phi) is 7.59. The van der Waals surface area contributed by atoms with Gasteiger partial charge in [0.25, 0.3) is 5.91 Å². The fourth-order valence-corrected chi connectivity index (χ4v) is 7.87. The average molecular weight is 586 g/mol. The summed E-state index contributed by atoms with van der Waals surface area (Å²) in [7, 11) is -4.01. The van der Waals surface area contributed by atoms with E-state index < -0.39 is 22.2 Å². The number of aryl methyl sites for hydroxylation is 1. The minimum Gasteiger partial charge on any atom is -0.490 e. The molecule has 0 aromatic heterocycles. The van der Waals surface area contributed by atoms with Crippen molar-refractivity contribution in [2.24, 2.45) is 11.8 Å². The van der Waals surface area contributed by atoms with Gasteiger partial charge < -0.3 is 14.7 Å².